The van der Waals surface area contributed by atoms with Gasteiger partial charge in [0.15, 0.2) is 6.10 Å². The lowest BCUT2D eigenvalue weighted by Crippen LogP contribution is -2.37. The summed E-state index contributed by atoms with van der Waals surface area (Å²) in [6, 6.07) is 0. The Labute approximate surface area is 251 Å². The number of unbranched alkanes of at least 4 members (excludes halogenated alkanes) is 15. The van der Waals surface area contributed by atoms with Crippen molar-refractivity contribution in [3.63, 3.8) is 0 Å². The molecule has 0 aliphatic carbocycles. The number of nitrogens with zero attached hydrogens (tertiary/aromatic N) is 1. The Morgan fingerprint density at radius 2 is 1.12 bits per heavy atom. The van der Waals surface area contributed by atoms with Gasteiger partial charge in [0.2, 0.25) is 0 Å². The van der Waals surface area contributed by atoms with Crippen LogP contribution in [0.25, 0.3) is 0 Å². The number of phosphoric ester groups is 1. The number of carbonyl (C=O) groups excluding carboxylic acids is 2. The summed E-state index contributed by atoms with van der Waals surface area (Å²) in [6.07, 6.45) is 19.9. The van der Waals surface area contributed by atoms with Crippen molar-refractivity contribution >= 4 is 19.8 Å². The zero-order valence-electron chi connectivity index (χ0n) is 27.0. The quantitative estimate of drug-likeness (QED) is 0.0398. The summed E-state index contributed by atoms with van der Waals surface area (Å²) in [5.41, 5.74) is 0. The highest BCUT2D eigenvalue weighted by Crippen LogP contribution is 2.43. The lowest BCUT2D eigenvalue weighted by Gasteiger charge is -2.24. The fraction of sp³-hybridized carbons (Fsp3) is 0.935. The molecule has 0 amide bonds. The van der Waals surface area contributed by atoms with Gasteiger partial charge in [0.05, 0.1) is 27.7 Å². The summed E-state index contributed by atoms with van der Waals surface area (Å²) in [6.45, 7) is 4.14. The molecule has 0 aliphatic heterocycles. The lowest BCUT2D eigenvalue weighted by molar-refractivity contribution is -0.870. The molecule has 1 N–H and O–H groups in total. The molecule has 41 heavy (non-hydrogen) atoms. The van der Waals surface area contributed by atoms with Gasteiger partial charge in [0.25, 0.3) is 0 Å². The molecule has 0 spiro atoms. The maximum absolute atomic E-state index is 12.2. The van der Waals surface area contributed by atoms with Gasteiger partial charge in [-0.3, -0.25) is 18.6 Å². The van der Waals surface area contributed by atoms with Crippen molar-refractivity contribution < 1.29 is 42.1 Å². The zero-order valence-corrected chi connectivity index (χ0v) is 27.9. The number of quaternary nitrogens is 1. The standard InChI is InChI=1S/C31H62NO8P/c1-6-8-10-11-12-13-14-15-16-17-18-19-20-21-22-24-30(33)37-27-29(40-31(34)23-9-7-2)28-39-41(35,36)38-26-25-32(3,4)5/h29H,6-28H2,1-5H3/p+1/t29-/m1/s1. The van der Waals surface area contributed by atoms with Gasteiger partial charge in [-0.2, -0.15) is 0 Å². The van der Waals surface area contributed by atoms with E-state index in [1.807, 2.05) is 28.1 Å². The third-order valence-electron chi connectivity index (χ3n) is 6.89. The van der Waals surface area contributed by atoms with Crippen LogP contribution in [0.1, 0.15) is 136 Å². The third kappa shape index (κ3) is 28.9. The second-order valence-corrected chi connectivity index (χ2v) is 13.7. The SMILES string of the molecule is CCCCCCCCCCCCCCCCCC(=O)OC[C@H](COP(=O)(O)OCC[N+](C)(C)C)OC(=O)CCCC. The Hall–Kier alpha value is -0.990. The molecule has 1 unspecified atom stereocenters. The smallest absolute Gasteiger partial charge is 0.462 e. The minimum Gasteiger partial charge on any atom is -0.462 e. The van der Waals surface area contributed by atoms with Gasteiger partial charge < -0.3 is 18.9 Å². The number of ether oxygens (including phenoxy) is 2. The predicted molar refractivity (Wildman–Crippen MR) is 165 cm³/mol. The monoisotopic (exact) mass is 608 g/mol. The van der Waals surface area contributed by atoms with Crippen LogP contribution in [0.2, 0.25) is 0 Å². The van der Waals surface area contributed by atoms with E-state index in [0.717, 1.165) is 25.7 Å². The van der Waals surface area contributed by atoms with Gasteiger partial charge in [-0.25, -0.2) is 4.57 Å². The van der Waals surface area contributed by atoms with E-state index in [0.29, 0.717) is 23.9 Å². The molecule has 0 aliphatic rings. The van der Waals surface area contributed by atoms with E-state index >= 15 is 0 Å². The average Bonchev–Trinajstić information content (AvgIpc) is 2.90. The maximum Gasteiger partial charge on any atom is 0.472 e. The molecule has 0 heterocycles. The number of rotatable bonds is 29. The molecule has 2 atom stereocenters. The first kappa shape index (κ1) is 40.0. The molecule has 244 valence electrons. The van der Waals surface area contributed by atoms with E-state index in [1.165, 1.54) is 77.0 Å². The first-order valence-corrected chi connectivity index (χ1v) is 17.8. The fourth-order valence-electron chi connectivity index (χ4n) is 4.23. The number of likely N-dealkylation sites (N-methyl/N-ethyl adjacent to an activating group) is 1. The number of esters is 2. The third-order valence-corrected chi connectivity index (χ3v) is 7.87. The molecule has 0 saturated heterocycles. The summed E-state index contributed by atoms with van der Waals surface area (Å²) in [5, 5.41) is 0. The van der Waals surface area contributed by atoms with Gasteiger partial charge in [-0.15, -0.1) is 0 Å². The molecular formula is C31H63NO8P+. The van der Waals surface area contributed by atoms with E-state index < -0.39 is 26.5 Å². The Morgan fingerprint density at radius 3 is 1.61 bits per heavy atom. The van der Waals surface area contributed by atoms with Gasteiger partial charge in [-0.1, -0.05) is 110 Å². The van der Waals surface area contributed by atoms with Crippen LogP contribution in [0.3, 0.4) is 0 Å². The maximum atomic E-state index is 12.2. The Balaban J connectivity index is 4.12. The summed E-state index contributed by atoms with van der Waals surface area (Å²) in [7, 11) is 1.48. The molecular weight excluding hydrogens is 545 g/mol. The fourth-order valence-corrected chi connectivity index (χ4v) is 4.97. The second kappa shape index (κ2) is 25.5. The topological polar surface area (TPSA) is 108 Å². The van der Waals surface area contributed by atoms with Crippen LogP contribution in [-0.4, -0.2) is 74.9 Å². The van der Waals surface area contributed by atoms with Crippen molar-refractivity contribution in [2.75, 3.05) is 47.5 Å². The second-order valence-electron chi connectivity index (χ2n) is 12.2. The largest absolute Gasteiger partial charge is 0.472 e. The molecule has 0 aromatic heterocycles. The van der Waals surface area contributed by atoms with Crippen LogP contribution in [0.15, 0.2) is 0 Å². The predicted octanol–water partition coefficient (Wildman–Crippen LogP) is 7.73. The average molecular weight is 609 g/mol. The molecule has 0 fully saturated rings. The van der Waals surface area contributed by atoms with Crippen molar-refractivity contribution in [2.45, 2.75) is 142 Å². The van der Waals surface area contributed by atoms with E-state index in [4.69, 9.17) is 18.5 Å². The first-order chi connectivity index (χ1) is 19.5. The molecule has 10 heteroatoms. The van der Waals surface area contributed by atoms with Gasteiger partial charge in [0, 0.05) is 12.8 Å². The minimum atomic E-state index is -4.33. The van der Waals surface area contributed by atoms with E-state index in [1.54, 1.807) is 0 Å². The molecule has 0 rings (SSSR count). The van der Waals surface area contributed by atoms with Gasteiger partial charge in [-0.05, 0) is 12.8 Å². The Morgan fingerprint density at radius 1 is 0.659 bits per heavy atom. The number of hydrogen-bond acceptors (Lipinski definition) is 7. The van der Waals surface area contributed by atoms with Crippen molar-refractivity contribution in [2.24, 2.45) is 0 Å². The number of phosphoric acid groups is 1. The summed E-state index contributed by atoms with van der Waals surface area (Å²) < 4.78 is 33.5. The van der Waals surface area contributed by atoms with E-state index in [9.17, 15) is 19.0 Å². The normalized spacial score (nSPS) is 14.0. The molecule has 0 radical (unpaired) electrons. The van der Waals surface area contributed by atoms with Crippen molar-refractivity contribution in [1.82, 2.24) is 0 Å². The Kier molecular flexibility index (Phi) is 24.9. The van der Waals surface area contributed by atoms with Gasteiger partial charge >= 0.3 is 19.8 Å². The van der Waals surface area contributed by atoms with Crippen molar-refractivity contribution in [3.8, 4) is 0 Å². The molecule has 0 aromatic rings. The minimum absolute atomic E-state index is 0.0342. The summed E-state index contributed by atoms with van der Waals surface area (Å²) >= 11 is 0. The number of hydrogen-bond donors (Lipinski definition) is 1. The van der Waals surface area contributed by atoms with Gasteiger partial charge in [0.1, 0.15) is 19.8 Å². The highest BCUT2D eigenvalue weighted by molar-refractivity contribution is 7.47. The molecule has 9 nitrogen and oxygen atoms in total. The van der Waals surface area contributed by atoms with Crippen LogP contribution in [-0.2, 0) is 32.7 Å². The first-order valence-electron chi connectivity index (χ1n) is 16.3. The van der Waals surface area contributed by atoms with Crippen LogP contribution in [0.5, 0.6) is 0 Å². The van der Waals surface area contributed by atoms with Crippen LogP contribution in [0.4, 0.5) is 0 Å². The summed E-state index contributed by atoms with van der Waals surface area (Å²) in [5.74, 6) is -0.835. The lowest BCUT2D eigenvalue weighted by atomic mass is 10.0. The summed E-state index contributed by atoms with van der Waals surface area (Å²) in [4.78, 5) is 34.3. The van der Waals surface area contributed by atoms with E-state index in [-0.39, 0.29) is 25.6 Å². The number of carbonyl (C=O) groups is 2. The molecule has 0 bridgehead atoms. The Bertz CT molecular complexity index is 698. The molecule has 0 saturated carbocycles. The van der Waals surface area contributed by atoms with Crippen molar-refractivity contribution in [3.05, 3.63) is 0 Å². The molecule has 0 aromatic carbocycles. The van der Waals surface area contributed by atoms with Crippen molar-refractivity contribution in [1.29, 1.82) is 0 Å². The van der Waals surface area contributed by atoms with Crippen LogP contribution in [0, 0.1) is 0 Å². The van der Waals surface area contributed by atoms with E-state index in [2.05, 4.69) is 6.92 Å². The van der Waals surface area contributed by atoms with Crippen LogP contribution >= 0.6 is 7.82 Å². The highest BCUT2D eigenvalue weighted by atomic mass is 31.2. The van der Waals surface area contributed by atoms with Crippen LogP contribution < -0.4 is 0 Å². The zero-order chi connectivity index (χ0) is 30.8. The highest BCUT2D eigenvalue weighted by Gasteiger charge is 2.27.